The molecule has 6 nitrogen and oxygen atoms in total. The van der Waals surface area contributed by atoms with Crippen molar-refractivity contribution in [3.05, 3.63) is 60.7 Å². The third-order valence-corrected chi connectivity index (χ3v) is 6.04. The molecule has 0 bridgehead atoms. The molecule has 134 valence electrons. The van der Waals surface area contributed by atoms with Gasteiger partial charge in [0.2, 0.25) is 0 Å². The SMILES string of the molecule is OC[C@H]1O[C@@H](O)[C@H](OP(c2ccccc2)c2ccccc2)[C@@H](O)[C@@H]1O. The number of hydrogen-bond donors (Lipinski definition) is 4. The molecule has 5 atom stereocenters. The van der Waals surface area contributed by atoms with Crippen LogP contribution in [0.1, 0.15) is 0 Å². The Morgan fingerprint density at radius 1 is 0.840 bits per heavy atom. The number of hydrogen-bond acceptors (Lipinski definition) is 6. The molecule has 1 saturated heterocycles. The van der Waals surface area contributed by atoms with Gasteiger partial charge in [-0.15, -0.1) is 0 Å². The van der Waals surface area contributed by atoms with Crippen LogP contribution in [0.2, 0.25) is 0 Å². The summed E-state index contributed by atoms with van der Waals surface area (Å²) in [5, 5.41) is 41.6. The first kappa shape index (κ1) is 18.4. The average molecular weight is 364 g/mol. The molecule has 1 heterocycles. The summed E-state index contributed by atoms with van der Waals surface area (Å²) in [6.45, 7) is -0.506. The summed E-state index contributed by atoms with van der Waals surface area (Å²) in [6, 6.07) is 19.0. The fourth-order valence-corrected chi connectivity index (χ4v) is 4.60. The Morgan fingerprint density at radius 3 is 1.84 bits per heavy atom. The lowest BCUT2D eigenvalue weighted by Gasteiger charge is -2.41. The van der Waals surface area contributed by atoms with Crippen molar-refractivity contribution in [1.29, 1.82) is 0 Å². The van der Waals surface area contributed by atoms with Crippen molar-refractivity contribution in [2.75, 3.05) is 6.61 Å². The van der Waals surface area contributed by atoms with Crippen molar-refractivity contribution in [2.45, 2.75) is 30.7 Å². The largest absolute Gasteiger partial charge is 0.394 e. The molecule has 25 heavy (non-hydrogen) atoms. The molecule has 0 radical (unpaired) electrons. The lowest BCUT2D eigenvalue weighted by atomic mass is 9.99. The van der Waals surface area contributed by atoms with Crippen LogP contribution in [0.5, 0.6) is 0 Å². The highest BCUT2D eigenvalue weighted by atomic mass is 31.1. The van der Waals surface area contributed by atoms with E-state index in [9.17, 15) is 20.4 Å². The first-order chi connectivity index (χ1) is 12.1. The maximum atomic E-state index is 10.3. The number of aliphatic hydroxyl groups excluding tert-OH is 4. The van der Waals surface area contributed by atoms with Crippen LogP contribution in [0.4, 0.5) is 0 Å². The van der Waals surface area contributed by atoms with Gasteiger partial charge in [-0.1, -0.05) is 60.7 Å². The van der Waals surface area contributed by atoms with E-state index >= 15 is 0 Å². The van der Waals surface area contributed by atoms with Crippen LogP contribution in [0.25, 0.3) is 0 Å². The third-order valence-electron chi connectivity index (χ3n) is 4.05. The van der Waals surface area contributed by atoms with Gasteiger partial charge in [0.05, 0.1) is 14.8 Å². The van der Waals surface area contributed by atoms with Crippen molar-refractivity contribution >= 4 is 18.8 Å². The number of benzene rings is 2. The highest BCUT2D eigenvalue weighted by Gasteiger charge is 2.45. The number of ether oxygens (including phenoxy) is 1. The van der Waals surface area contributed by atoms with Crippen LogP contribution >= 0.6 is 8.15 Å². The quantitative estimate of drug-likeness (QED) is 0.551. The summed E-state index contributed by atoms with van der Waals surface area (Å²) in [5.41, 5.74) is 0. The summed E-state index contributed by atoms with van der Waals surface area (Å²) in [5.74, 6) is 0. The molecule has 1 aliphatic heterocycles. The topological polar surface area (TPSA) is 99.4 Å². The van der Waals surface area contributed by atoms with Gasteiger partial charge in [-0.25, -0.2) is 0 Å². The first-order valence-corrected chi connectivity index (χ1v) is 9.25. The highest BCUT2D eigenvalue weighted by Crippen LogP contribution is 2.39. The van der Waals surface area contributed by atoms with E-state index in [1.807, 2.05) is 60.7 Å². The fraction of sp³-hybridized carbons (Fsp3) is 0.333. The zero-order valence-electron chi connectivity index (χ0n) is 13.4. The van der Waals surface area contributed by atoms with Gasteiger partial charge in [0.25, 0.3) is 0 Å². The normalized spacial score (nSPS) is 29.7. The molecule has 2 aromatic rings. The van der Waals surface area contributed by atoms with Crippen molar-refractivity contribution < 1.29 is 29.7 Å². The molecule has 1 aliphatic rings. The predicted octanol–water partition coefficient (Wildman–Crippen LogP) is -0.149. The minimum atomic E-state index is -1.45. The second kappa shape index (κ2) is 8.34. The summed E-state index contributed by atoms with van der Waals surface area (Å²) >= 11 is 0. The van der Waals surface area contributed by atoms with Crippen molar-refractivity contribution in [3.63, 3.8) is 0 Å². The molecule has 0 saturated carbocycles. The highest BCUT2D eigenvalue weighted by molar-refractivity contribution is 7.68. The molecule has 0 aromatic heterocycles. The van der Waals surface area contributed by atoms with E-state index in [0.29, 0.717) is 0 Å². The van der Waals surface area contributed by atoms with E-state index in [0.717, 1.165) is 10.6 Å². The number of aliphatic hydroxyl groups is 4. The fourth-order valence-electron chi connectivity index (χ4n) is 2.70. The van der Waals surface area contributed by atoms with Gasteiger partial charge in [-0.05, 0) is 0 Å². The molecule has 2 aromatic carbocycles. The van der Waals surface area contributed by atoms with Crippen LogP contribution < -0.4 is 10.6 Å². The van der Waals surface area contributed by atoms with Crippen LogP contribution in [0.15, 0.2) is 60.7 Å². The number of rotatable bonds is 5. The van der Waals surface area contributed by atoms with Gasteiger partial charge in [-0.2, -0.15) is 0 Å². The lowest BCUT2D eigenvalue weighted by Crippen LogP contribution is -2.59. The van der Waals surface area contributed by atoms with Crippen LogP contribution in [-0.4, -0.2) is 57.7 Å². The maximum Gasteiger partial charge on any atom is 0.184 e. The predicted molar refractivity (Wildman–Crippen MR) is 93.9 cm³/mol. The van der Waals surface area contributed by atoms with Crippen molar-refractivity contribution in [1.82, 2.24) is 0 Å². The zero-order valence-corrected chi connectivity index (χ0v) is 14.3. The summed E-state index contributed by atoms with van der Waals surface area (Å²) in [7, 11) is -1.34. The molecular formula is C18H21O6P. The standard InChI is InChI=1S/C18H21O6P/c19-11-14-15(20)16(21)17(18(22)23-14)24-25(12-7-3-1-4-8-12)13-9-5-2-6-10-13/h1-10,14-22H,11H2/t14-,15-,16+,17-,18-/m1/s1. The van der Waals surface area contributed by atoms with E-state index in [4.69, 9.17) is 9.26 Å². The molecule has 7 heteroatoms. The van der Waals surface area contributed by atoms with Gasteiger partial charge >= 0.3 is 0 Å². The van der Waals surface area contributed by atoms with Gasteiger partial charge in [0.1, 0.15) is 24.4 Å². The van der Waals surface area contributed by atoms with E-state index in [1.54, 1.807) is 0 Å². The van der Waals surface area contributed by atoms with E-state index in [-0.39, 0.29) is 0 Å². The third kappa shape index (κ3) is 4.07. The second-order valence-electron chi connectivity index (χ2n) is 5.76. The maximum absolute atomic E-state index is 10.3. The minimum absolute atomic E-state index is 0.506. The van der Waals surface area contributed by atoms with Crippen LogP contribution in [0, 0.1) is 0 Å². The minimum Gasteiger partial charge on any atom is -0.394 e. The molecule has 0 amide bonds. The van der Waals surface area contributed by atoms with Crippen molar-refractivity contribution in [2.24, 2.45) is 0 Å². The summed E-state index contributed by atoms with van der Waals surface area (Å²) in [6.07, 6.45) is -6.36. The Hall–Kier alpha value is -1.37. The Bertz CT molecular complexity index is 616. The Kier molecular flexibility index (Phi) is 6.15. The molecular weight excluding hydrogens is 343 g/mol. The van der Waals surface area contributed by atoms with E-state index in [1.165, 1.54) is 0 Å². The second-order valence-corrected chi connectivity index (χ2v) is 7.60. The summed E-state index contributed by atoms with van der Waals surface area (Å²) < 4.78 is 11.2. The molecule has 4 N–H and O–H groups in total. The molecule has 0 spiro atoms. The lowest BCUT2D eigenvalue weighted by molar-refractivity contribution is -0.279. The Labute approximate surface area is 147 Å². The Balaban J connectivity index is 1.88. The monoisotopic (exact) mass is 364 g/mol. The van der Waals surface area contributed by atoms with E-state index < -0.39 is 45.5 Å². The molecule has 0 unspecified atom stereocenters. The van der Waals surface area contributed by atoms with Gasteiger partial charge in [0, 0.05) is 10.6 Å². The van der Waals surface area contributed by atoms with Crippen molar-refractivity contribution in [3.8, 4) is 0 Å². The van der Waals surface area contributed by atoms with Gasteiger partial charge in [0.15, 0.2) is 6.29 Å². The molecule has 3 rings (SSSR count). The zero-order chi connectivity index (χ0) is 17.8. The smallest absolute Gasteiger partial charge is 0.184 e. The first-order valence-electron chi connectivity index (χ1n) is 7.99. The van der Waals surface area contributed by atoms with E-state index in [2.05, 4.69) is 0 Å². The Morgan fingerprint density at radius 2 is 1.36 bits per heavy atom. The van der Waals surface area contributed by atoms with Crippen LogP contribution in [0.3, 0.4) is 0 Å². The molecule has 1 fully saturated rings. The molecule has 0 aliphatic carbocycles. The van der Waals surface area contributed by atoms with Gasteiger partial charge < -0.3 is 29.7 Å². The summed E-state index contributed by atoms with van der Waals surface area (Å²) in [4.78, 5) is 0. The van der Waals surface area contributed by atoms with Crippen LogP contribution in [-0.2, 0) is 9.26 Å². The van der Waals surface area contributed by atoms with Gasteiger partial charge in [-0.3, -0.25) is 0 Å². The average Bonchev–Trinajstić information content (AvgIpc) is 2.66.